The summed E-state index contributed by atoms with van der Waals surface area (Å²) in [4.78, 5) is 24.5. The predicted molar refractivity (Wildman–Crippen MR) is 84.9 cm³/mol. The summed E-state index contributed by atoms with van der Waals surface area (Å²) in [7, 11) is 3.13. The highest BCUT2D eigenvalue weighted by molar-refractivity contribution is 7.21. The topological polar surface area (TPSA) is 67.4 Å². The molecular weight excluding hydrogens is 288 g/mol. The summed E-state index contributed by atoms with van der Waals surface area (Å²) in [6.07, 6.45) is 0. The first-order valence-electron chi connectivity index (χ1n) is 6.63. The van der Waals surface area contributed by atoms with Crippen molar-refractivity contribution in [2.24, 2.45) is 5.92 Å². The molecular formula is C15H18N2O3S. The van der Waals surface area contributed by atoms with Crippen LogP contribution in [0, 0.1) is 5.92 Å². The van der Waals surface area contributed by atoms with Crippen LogP contribution in [0.3, 0.4) is 0 Å². The Kier molecular flexibility index (Phi) is 4.93. The molecule has 1 heterocycles. The Morgan fingerprint density at radius 2 is 2.05 bits per heavy atom. The minimum atomic E-state index is -0.437. The number of fused-ring (bicyclic) bond motifs is 1. The van der Waals surface area contributed by atoms with E-state index in [0.29, 0.717) is 17.1 Å². The van der Waals surface area contributed by atoms with Crippen LogP contribution in [0.25, 0.3) is 10.1 Å². The maximum atomic E-state index is 12.2. The fraction of sp³-hybridized carbons (Fsp3) is 0.333. The Bertz CT molecular complexity index is 666. The van der Waals surface area contributed by atoms with Crippen molar-refractivity contribution in [3.8, 4) is 0 Å². The van der Waals surface area contributed by atoms with E-state index in [1.807, 2.05) is 31.2 Å². The third kappa shape index (κ3) is 3.22. The predicted octanol–water partition coefficient (Wildman–Crippen LogP) is 2.48. The fourth-order valence-corrected chi connectivity index (χ4v) is 3.13. The highest BCUT2D eigenvalue weighted by atomic mass is 32.1. The molecule has 0 bridgehead atoms. The molecule has 0 saturated carbocycles. The van der Waals surface area contributed by atoms with E-state index in [2.05, 4.69) is 10.6 Å². The van der Waals surface area contributed by atoms with Gasteiger partial charge in [-0.3, -0.25) is 4.79 Å². The molecule has 6 heteroatoms. The van der Waals surface area contributed by atoms with Gasteiger partial charge in [-0.25, -0.2) is 4.79 Å². The number of nitrogens with one attached hydrogen (secondary N) is 2. The van der Waals surface area contributed by atoms with E-state index in [9.17, 15) is 9.59 Å². The van der Waals surface area contributed by atoms with Crippen LogP contribution in [0.15, 0.2) is 24.3 Å². The van der Waals surface area contributed by atoms with E-state index >= 15 is 0 Å². The van der Waals surface area contributed by atoms with Crippen LogP contribution < -0.4 is 10.6 Å². The molecule has 2 N–H and O–H groups in total. The van der Waals surface area contributed by atoms with Gasteiger partial charge in [0.2, 0.25) is 5.91 Å². The second kappa shape index (κ2) is 6.69. The zero-order chi connectivity index (χ0) is 15.4. The van der Waals surface area contributed by atoms with Crippen molar-refractivity contribution in [3.05, 3.63) is 29.1 Å². The molecule has 0 radical (unpaired) electrons. The molecule has 1 aromatic heterocycles. The van der Waals surface area contributed by atoms with Gasteiger partial charge < -0.3 is 15.4 Å². The third-order valence-electron chi connectivity index (χ3n) is 3.17. The van der Waals surface area contributed by atoms with E-state index in [1.54, 1.807) is 7.05 Å². The largest absolute Gasteiger partial charge is 0.465 e. The minimum absolute atomic E-state index is 0.127. The summed E-state index contributed by atoms with van der Waals surface area (Å²) >= 11 is 1.32. The van der Waals surface area contributed by atoms with Crippen molar-refractivity contribution < 1.29 is 14.3 Å². The van der Waals surface area contributed by atoms with Crippen molar-refractivity contribution in [1.29, 1.82) is 0 Å². The lowest BCUT2D eigenvalue weighted by Gasteiger charge is -2.12. The monoisotopic (exact) mass is 306 g/mol. The standard InChI is InChI=1S/C15H18N2O3S/c1-9(8-16-2)14(18)17-12-10-6-4-5-7-11(10)21-13(12)15(19)20-3/h4-7,9,16H,8H2,1-3H3,(H,17,18). The van der Waals surface area contributed by atoms with Gasteiger partial charge >= 0.3 is 5.97 Å². The van der Waals surface area contributed by atoms with Crippen LogP contribution in [-0.4, -0.2) is 32.6 Å². The number of hydrogen-bond donors (Lipinski definition) is 2. The van der Waals surface area contributed by atoms with Crippen LogP contribution in [0.1, 0.15) is 16.6 Å². The smallest absolute Gasteiger partial charge is 0.350 e. The van der Waals surface area contributed by atoms with Crippen LogP contribution in [-0.2, 0) is 9.53 Å². The van der Waals surface area contributed by atoms with E-state index in [-0.39, 0.29) is 11.8 Å². The Balaban J connectivity index is 2.41. The first-order chi connectivity index (χ1) is 10.1. The molecule has 0 aliphatic heterocycles. The molecule has 2 aromatic rings. The number of thiophene rings is 1. The lowest BCUT2D eigenvalue weighted by Crippen LogP contribution is -2.29. The molecule has 0 saturated heterocycles. The summed E-state index contributed by atoms with van der Waals surface area (Å²) in [6, 6.07) is 7.58. The molecule has 0 spiro atoms. The Labute approximate surface area is 127 Å². The Morgan fingerprint density at radius 3 is 2.71 bits per heavy atom. The number of benzene rings is 1. The van der Waals surface area contributed by atoms with E-state index in [0.717, 1.165) is 10.1 Å². The van der Waals surface area contributed by atoms with Crippen molar-refractivity contribution in [2.75, 3.05) is 26.0 Å². The van der Waals surface area contributed by atoms with Gasteiger partial charge in [-0.15, -0.1) is 11.3 Å². The van der Waals surface area contributed by atoms with Crippen molar-refractivity contribution in [3.63, 3.8) is 0 Å². The fourth-order valence-electron chi connectivity index (χ4n) is 2.05. The summed E-state index contributed by atoms with van der Waals surface area (Å²) in [5, 5.41) is 6.68. The second-order valence-electron chi connectivity index (χ2n) is 4.74. The van der Waals surface area contributed by atoms with Gasteiger partial charge in [-0.2, -0.15) is 0 Å². The highest BCUT2D eigenvalue weighted by Gasteiger charge is 2.22. The normalized spacial score (nSPS) is 12.1. The van der Waals surface area contributed by atoms with Gasteiger partial charge in [0.1, 0.15) is 4.88 Å². The molecule has 1 atom stereocenters. The second-order valence-corrected chi connectivity index (χ2v) is 5.79. The molecule has 2 rings (SSSR count). The molecule has 112 valence electrons. The number of methoxy groups -OCH3 is 1. The lowest BCUT2D eigenvalue weighted by molar-refractivity contribution is -0.119. The number of rotatable bonds is 5. The minimum Gasteiger partial charge on any atom is -0.465 e. The maximum Gasteiger partial charge on any atom is 0.350 e. The average molecular weight is 306 g/mol. The molecule has 21 heavy (non-hydrogen) atoms. The molecule has 1 aromatic carbocycles. The molecule has 0 aliphatic rings. The number of esters is 1. The van der Waals surface area contributed by atoms with Gasteiger partial charge in [0, 0.05) is 22.5 Å². The maximum absolute atomic E-state index is 12.2. The number of carbonyl (C=O) groups is 2. The number of ether oxygens (including phenoxy) is 1. The van der Waals surface area contributed by atoms with Crippen LogP contribution in [0.4, 0.5) is 5.69 Å². The molecule has 5 nitrogen and oxygen atoms in total. The number of hydrogen-bond acceptors (Lipinski definition) is 5. The third-order valence-corrected chi connectivity index (χ3v) is 4.32. The number of anilines is 1. The summed E-state index contributed by atoms with van der Waals surface area (Å²) in [5.74, 6) is -0.759. The molecule has 0 fully saturated rings. The Hall–Kier alpha value is -1.92. The van der Waals surface area contributed by atoms with Crippen LogP contribution >= 0.6 is 11.3 Å². The van der Waals surface area contributed by atoms with Crippen molar-refractivity contribution in [1.82, 2.24) is 5.32 Å². The highest BCUT2D eigenvalue weighted by Crippen LogP contribution is 2.36. The lowest BCUT2D eigenvalue weighted by atomic mass is 10.1. The van der Waals surface area contributed by atoms with Gasteiger partial charge in [-0.1, -0.05) is 25.1 Å². The van der Waals surface area contributed by atoms with Crippen molar-refractivity contribution >= 4 is 39.0 Å². The van der Waals surface area contributed by atoms with Crippen LogP contribution in [0.5, 0.6) is 0 Å². The summed E-state index contributed by atoms with van der Waals surface area (Å²) in [6.45, 7) is 2.40. The molecule has 1 unspecified atom stereocenters. The van der Waals surface area contributed by atoms with E-state index < -0.39 is 5.97 Å². The zero-order valence-corrected chi connectivity index (χ0v) is 13.0. The van der Waals surface area contributed by atoms with Gasteiger partial charge in [0.05, 0.1) is 12.8 Å². The SMILES string of the molecule is CNCC(C)C(=O)Nc1c(C(=O)OC)sc2ccccc12. The molecule has 1 amide bonds. The number of carbonyl (C=O) groups excluding carboxylic acids is 2. The average Bonchev–Trinajstić information content (AvgIpc) is 2.85. The van der Waals surface area contributed by atoms with E-state index in [4.69, 9.17) is 4.74 Å². The van der Waals surface area contributed by atoms with Crippen molar-refractivity contribution in [2.45, 2.75) is 6.92 Å². The first-order valence-corrected chi connectivity index (χ1v) is 7.45. The Morgan fingerprint density at radius 1 is 1.33 bits per heavy atom. The van der Waals surface area contributed by atoms with Gasteiger partial charge in [0.25, 0.3) is 0 Å². The van der Waals surface area contributed by atoms with E-state index in [1.165, 1.54) is 18.4 Å². The summed E-state index contributed by atoms with van der Waals surface area (Å²) < 4.78 is 5.74. The summed E-state index contributed by atoms with van der Waals surface area (Å²) in [5.41, 5.74) is 0.537. The molecule has 0 aliphatic carbocycles. The quantitative estimate of drug-likeness (QED) is 0.833. The van der Waals surface area contributed by atoms with Gasteiger partial charge in [-0.05, 0) is 13.1 Å². The zero-order valence-electron chi connectivity index (χ0n) is 12.2. The number of amides is 1. The van der Waals surface area contributed by atoms with Gasteiger partial charge in [0.15, 0.2) is 0 Å². The van der Waals surface area contributed by atoms with Crippen LogP contribution in [0.2, 0.25) is 0 Å². The first kappa shape index (κ1) is 15.5.